The minimum Gasteiger partial charge on any atom is -0.375 e. The van der Waals surface area contributed by atoms with Crippen LogP contribution in [-0.2, 0) is 0 Å². The molecule has 1 aliphatic rings. The van der Waals surface area contributed by atoms with Crippen molar-refractivity contribution < 1.29 is 8.78 Å². The van der Waals surface area contributed by atoms with Gasteiger partial charge in [0.2, 0.25) is 5.28 Å². The van der Waals surface area contributed by atoms with E-state index in [1.165, 1.54) is 11.1 Å². The van der Waals surface area contributed by atoms with E-state index in [-0.39, 0.29) is 17.9 Å². The summed E-state index contributed by atoms with van der Waals surface area (Å²) in [5.74, 6) is -2.38. The van der Waals surface area contributed by atoms with Crippen molar-refractivity contribution in [1.82, 2.24) is 9.97 Å². The van der Waals surface area contributed by atoms with Crippen molar-refractivity contribution in [3.05, 3.63) is 11.5 Å². The lowest BCUT2D eigenvalue weighted by molar-refractivity contribution is 0.0232. The molecule has 0 amide bonds. The molecular formula is C10H13ClF2N4. The quantitative estimate of drug-likeness (QED) is 0.789. The molecule has 1 aromatic heterocycles. The zero-order chi connectivity index (χ0) is 12.6. The first-order valence-corrected chi connectivity index (χ1v) is 5.68. The average Bonchev–Trinajstić information content (AvgIpc) is 2.36. The van der Waals surface area contributed by atoms with E-state index in [0.29, 0.717) is 11.5 Å². The zero-order valence-electron chi connectivity index (χ0n) is 9.54. The summed E-state index contributed by atoms with van der Waals surface area (Å²) in [6.45, 7) is 2.87. The molecule has 1 aliphatic heterocycles. The lowest BCUT2D eigenvalue weighted by Gasteiger charge is -2.29. The Balaban J connectivity index is 2.46. The number of nitrogens with zero attached hydrogens (tertiary/aromatic N) is 3. The van der Waals surface area contributed by atoms with Crippen molar-refractivity contribution >= 4 is 23.1 Å². The second kappa shape index (κ2) is 4.25. The molecule has 2 heterocycles. The van der Waals surface area contributed by atoms with E-state index in [1.807, 2.05) is 13.8 Å². The van der Waals surface area contributed by atoms with E-state index in [1.54, 1.807) is 0 Å². The highest BCUT2D eigenvalue weighted by molar-refractivity contribution is 6.28. The fourth-order valence-electron chi connectivity index (χ4n) is 1.73. The minimum atomic E-state index is -2.81. The first-order valence-electron chi connectivity index (χ1n) is 5.30. The number of fused-ring (bicyclic) bond motifs is 1. The summed E-state index contributed by atoms with van der Waals surface area (Å²) in [5.41, 5.74) is 0.486. The van der Waals surface area contributed by atoms with Gasteiger partial charge in [0.15, 0.2) is 5.82 Å². The molecule has 2 rings (SSSR count). The van der Waals surface area contributed by atoms with Gasteiger partial charge in [-0.2, -0.15) is 4.98 Å². The van der Waals surface area contributed by atoms with Gasteiger partial charge in [0.1, 0.15) is 0 Å². The lowest BCUT2D eigenvalue weighted by atomic mass is 10.2. The molecule has 4 nitrogen and oxygen atoms in total. The van der Waals surface area contributed by atoms with Crippen molar-refractivity contribution in [3.63, 3.8) is 0 Å². The molecule has 0 aromatic carbocycles. The molecule has 0 radical (unpaired) electrons. The monoisotopic (exact) mass is 262 g/mol. The Labute approximate surface area is 103 Å². The molecule has 0 atom stereocenters. The van der Waals surface area contributed by atoms with Crippen molar-refractivity contribution in [1.29, 1.82) is 0 Å². The highest BCUT2D eigenvalue weighted by Crippen LogP contribution is 2.32. The van der Waals surface area contributed by atoms with Crippen LogP contribution in [0.3, 0.4) is 0 Å². The smallest absolute Gasteiger partial charge is 0.282 e. The Hall–Kier alpha value is -1.17. The maximum Gasteiger partial charge on any atom is 0.282 e. The fourth-order valence-corrected chi connectivity index (χ4v) is 1.86. The summed E-state index contributed by atoms with van der Waals surface area (Å²) in [7, 11) is 0. The molecule has 0 bridgehead atoms. The van der Waals surface area contributed by atoms with Crippen molar-refractivity contribution in [3.8, 4) is 0 Å². The summed E-state index contributed by atoms with van der Waals surface area (Å²) >= 11 is 5.71. The number of hydrogen-bond donors (Lipinski definition) is 1. The van der Waals surface area contributed by atoms with Crippen molar-refractivity contribution in [2.75, 3.05) is 23.3 Å². The van der Waals surface area contributed by atoms with Crippen molar-refractivity contribution in [2.24, 2.45) is 0 Å². The van der Waals surface area contributed by atoms with Crippen LogP contribution in [0.1, 0.15) is 13.8 Å². The molecule has 0 aliphatic carbocycles. The molecule has 17 heavy (non-hydrogen) atoms. The van der Waals surface area contributed by atoms with E-state index < -0.39 is 12.5 Å². The first kappa shape index (κ1) is 12.3. The van der Waals surface area contributed by atoms with Crippen LogP contribution in [0, 0.1) is 0 Å². The molecular weight excluding hydrogens is 250 g/mol. The molecule has 0 saturated heterocycles. The average molecular weight is 263 g/mol. The summed E-state index contributed by atoms with van der Waals surface area (Å²) < 4.78 is 27.1. The van der Waals surface area contributed by atoms with Crippen molar-refractivity contribution in [2.45, 2.75) is 25.8 Å². The highest BCUT2D eigenvalue weighted by Gasteiger charge is 2.37. The van der Waals surface area contributed by atoms with Gasteiger partial charge in [0.25, 0.3) is 5.92 Å². The van der Waals surface area contributed by atoms with E-state index in [9.17, 15) is 8.78 Å². The standard InChI is InChI=1S/C10H13ClF2N4/c1-6(2)17-5-10(12,13)4-15-7-3-14-9(11)16-8(7)17/h3,6,15H,4-5H2,1-2H3. The van der Waals surface area contributed by atoms with Crippen LogP contribution in [0.15, 0.2) is 6.20 Å². The predicted molar refractivity (Wildman–Crippen MR) is 63.0 cm³/mol. The molecule has 94 valence electrons. The van der Waals surface area contributed by atoms with Gasteiger partial charge in [0, 0.05) is 6.04 Å². The highest BCUT2D eigenvalue weighted by atomic mass is 35.5. The number of alkyl halides is 2. The summed E-state index contributed by atoms with van der Waals surface area (Å²) in [6.07, 6.45) is 1.43. The Bertz CT molecular complexity index is 425. The van der Waals surface area contributed by atoms with Crippen LogP contribution in [0.2, 0.25) is 5.28 Å². The third-order valence-electron chi connectivity index (χ3n) is 2.57. The van der Waals surface area contributed by atoms with Crippen LogP contribution in [0.5, 0.6) is 0 Å². The Morgan fingerprint density at radius 1 is 1.53 bits per heavy atom. The van der Waals surface area contributed by atoms with Gasteiger partial charge >= 0.3 is 0 Å². The van der Waals surface area contributed by atoms with Gasteiger partial charge in [-0.15, -0.1) is 0 Å². The molecule has 0 spiro atoms. The van der Waals surface area contributed by atoms with Gasteiger partial charge in [0.05, 0.1) is 25.0 Å². The van der Waals surface area contributed by atoms with Gasteiger partial charge < -0.3 is 10.2 Å². The molecule has 0 saturated carbocycles. The summed E-state index contributed by atoms with van der Waals surface area (Å²) in [4.78, 5) is 9.35. The van der Waals surface area contributed by atoms with Crippen LogP contribution in [0.4, 0.5) is 20.3 Å². The Morgan fingerprint density at radius 2 is 2.24 bits per heavy atom. The number of hydrogen-bond acceptors (Lipinski definition) is 4. The maximum absolute atomic E-state index is 13.6. The van der Waals surface area contributed by atoms with Gasteiger partial charge in [-0.1, -0.05) is 0 Å². The summed E-state index contributed by atoms with van der Waals surface area (Å²) in [6, 6.07) is -0.0921. The van der Waals surface area contributed by atoms with E-state index >= 15 is 0 Å². The van der Waals surface area contributed by atoms with Crippen LogP contribution in [-0.4, -0.2) is 35.0 Å². The number of anilines is 2. The van der Waals surface area contributed by atoms with E-state index in [4.69, 9.17) is 11.6 Å². The predicted octanol–water partition coefficient (Wildman–Crippen LogP) is 2.41. The minimum absolute atomic E-state index is 0.0569. The Kier molecular flexibility index (Phi) is 3.07. The normalized spacial score (nSPS) is 18.6. The van der Waals surface area contributed by atoms with Crippen LogP contribution >= 0.6 is 11.6 Å². The zero-order valence-corrected chi connectivity index (χ0v) is 10.3. The van der Waals surface area contributed by atoms with Crippen LogP contribution < -0.4 is 10.2 Å². The van der Waals surface area contributed by atoms with Gasteiger partial charge in [-0.3, -0.25) is 0 Å². The second-order valence-electron chi connectivity index (χ2n) is 4.31. The van der Waals surface area contributed by atoms with E-state index in [0.717, 1.165) is 0 Å². The third kappa shape index (κ3) is 2.57. The second-order valence-corrected chi connectivity index (χ2v) is 4.65. The Morgan fingerprint density at radius 3 is 2.88 bits per heavy atom. The van der Waals surface area contributed by atoms with Gasteiger partial charge in [-0.05, 0) is 25.4 Å². The van der Waals surface area contributed by atoms with Gasteiger partial charge in [-0.25, -0.2) is 13.8 Å². The first-order chi connectivity index (χ1) is 7.89. The molecule has 7 heteroatoms. The lowest BCUT2D eigenvalue weighted by Crippen LogP contribution is -2.42. The topological polar surface area (TPSA) is 41.0 Å². The van der Waals surface area contributed by atoms with Crippen LogP contribution in [0.25, 0.3) is 0 Å². The van der Waals surface area contributed by atoms with E-state index in [2.05, 4.69) is 15.3 Å². The number of rotatable bonds is 1. The fraction of sp³-hybridized carbons (Fsp3) is 0.600. The molecule has 1 N–H and O–H groups in total. The SMILES string of the molecule is CC(C)N1CC(F)(F)CNc2cnc(Cl)nc21. The number of halogens is 3. The molecule has 1 aromatic rings. The molecule has 0 unspecified atom stereocenters. The third-order valence-corrected chi connectivity index (χ3v) is 2.76. The summed E-state index contributed by atoms with van der Waals surface area (Å²) in [5, 5.41) is 2.71. The number of aromatic nitrogens is 2. The number of nitrogens with one attached hydrogen (secondary N) is 1. The maximum atomic E-state index is 13.6. The largest absolute Gasteiger partial charge is 0.375 e. The molecule has 0 fully saturated rings.